The van der Waals surface area contributed by atoms with Crippen LogP contribution in [0.1, 0.15) is 73.1 Å². The number of fused-ring (bicyclic) bond motifs is 2. The molecule has 4 rings (SSSR count). The summed E-state index contributed by atoms with van der Waals surface area (Å²) in [4.78, 5) is 0. The molecule has 0 aromatic rings. The molecular weight excluding hydrogens is 380 g/mol. The fourth-order valence-corrected chi connectivity index (χ4v) is 8.62. The largest absolute Gasteiger partial charge is 0.393 e. The van der Waals surface area contributed by atoms with Crippen molar-refractivity contribution >= 4 is 0 Å². The SMILES string of the molecule is C[C@H]1CCC23C1=C[C@@]1(C)CC[C@](C)(C[C@H](O)[C@H](O)[C@@](C)(O)CO)[C@H]1[C@@H]2C[C@@H](O)[C@@H]3C. The van der Waals surface area contributed by atoms with Crippen LogP contribution in [0.3, 0.4) is 0 Å². The van der Waals surface area contributed by atoms with E-state index in [2.05, 4.69) is 33.8 Å². The lowest BCUT2D eigenvalue weighted by Gasteiger charge is -2.54. The average molecular weight is 423 g/mol. The van der Waals surface area contributed by atoms with Crippen molar-refractivity contribution in [3.63, 3.8) is 0 Å². The van der Waals surface area contributed by atoms with Gasteiger partial charge in [-0.15, -0.1) is 0 Å². The lowest BCUT2D eigenvalue weighted by atomic mass is 9.50. The van der Waals surface area contributed by atoms with Crippen molar-refractivity contribution in [1.82, 2.24) is 0 Å². The van der Waals surface area contributed by atoms with Gasteiger partial charge in [-0.05, 0) is 85.4 Å². The van der Waals surface area contributed by atoms with Crippen molar-refractivity contribution in [3.05, 3.63) is 11.6 Å². The van der Waals surface area contributed by atoms with Crippen LogP contribution in [-0.4, -0.2) is 56.1 Å². The first kappa shape index (κ1) is 22.7. The average Bonchev–Trinajstić information content (AvgIpc) is 3.24. The van der Waals surface area contributed by atoms with E-state index in [4.69, 9.17) is 0 Å². The molecule has 0 amide bonds. The first-order chi connectivity index (χ1) is 13.8. The number of hydrogen-bond donors (Lipinski definition) is 5. The molecule has 30 heavy (non-hydrogen) atoms. The summed E-state index contributed by atoms with van der Waals surface area (Å²) in [5.74, 6) is 1.52. The van der Waals surface area contributed by atoms with Gasteiger partial charge in [0.15, 0.2) is 0 Å². The Hall–Kier alpha value is -0.460. The van der Waals surface area contributed by atoms with Crippen molar-refractivity contribution in [3.8, 4) is 0 Å². The summed E-state index contributed by atoms with van der Waals surface area (Å²) >= 11 is 0. The molecule has 4 aliphatic rings. The third-order valence-electron chi connectivity index (χ3n) is 10.2. The lowest BCUT2D eigenvalue weighted by molar-refractivity contribution is -0.147. The Morgan fingerprint density at radius 3 is 2.47 bits per heavy atom. The minimum atomic E-state index is -1.72. The van der Waals surface area contributed by atoms with Gasteiger partial charge in [0.25, 0.3) is 0 Å². The maximum atomic E-state index is 11.0. The summed E-state index contributed by atoms with van der Waals surface area (Å²) in [6.07, 6.45) is 5.28. The quantitative estimate of drug-likeness (QED) is 0.439. The van der Waals surface area contributed by atoms with Gasteiger partial charge in [-0.25, -0.2) is 0 Å². The molecule has 1 spiro atoms. The number of allylic oxidation sites excluding steroid dienone is 2. The molecule has 0 aromatic carbocycles. The van der Waals surface area contributed by atoms with Crippen molar-refractivity contribution in [2.45, 2.75) is 97.1 Å². The van der Waals surface area contributed by atoms with Crippen LogP contribution >= 0.6 is 0 Å². The number of aliphatic hydroxyl groups is 5. The molecule has 11 atom stereocenters. The van der Waals surface area contributed by atoms with Gasteiger partial charge >= 0.3 is 0 Å². The van der Waals surface area contributed by atoms with E-state index in [1.807, 2.05) is 0 Å². The van der Waals surface area contributed by atoms with E-state index in [1.165, 1.54) is 13.3 Å². The van der Waals surface area contributed by atoms with Crippen LogP contribution in [0.25, 0.3) is 0 Å². The van der Waals surface area contributed by atoms with Crippen LogP contribution < -0.4 is 0 Å². The highest BCUT2D eigenvalue weighted by molar-refractivity contribution is 5.36. The first-order valence-corrected chi connectivity index (χ1v) is 11.9. The number of rotatable bonds is 5. The number of hydrogen-bond acceptors (Lipinski definition) is 5. The summed E-state index contributed by atoms with van der Waals surface area (Å²) in [5.41, 5.74) is -0.254. The number of aliphatic hydroxyl groups excluding tert-OH is 4. The lowest BCUT2D eigenvalue weighted by Crippen LogP contribution is -2.53. The van der Waals surface area contributed by atoms with Crippen LogP contribution in [0.2, 0.25) is 0 Å². The van der Waals surface area contributed by atoms with Gasteiger partial charge in [0.2, 0.25) is 0 Å². The third-order valence-corrected chi connectivity index (χ3v) is 10.2. The van der Waals surface area contributed by atoms with Gasteiger partial charge in [0.05, 0.1) is 18.8 Å². The van der Waals surface area contributed by atoms with E-state index >= 15 is 0 Å². The molecule has 5 nitrogen and oxygen atoms in total. The second-order valence-corrected chi connectivity index (χ2v) is 12.1. The summed E-state index contributed by atoms with van der Waals surface area (Å²) in [6, 6.07) is 0. The molecule has 3 fully saturated rings. The Morgan fingerprint density at radius 2 is 1.83 bits per heavy atom. The van der Waals surface area contributed by atoms with Gasteiger partial charge in [0, 0.05) is 0 Å². The minimum absolute atomic E-state index is 0.0325. The molecule has 172 valence electrons. The zero-order chi connectivity index (χ0) is 22.3. The predicted molar refractivity (Wildman–Crippen MR) is 115 cm³/mol. The molecule has 5 heteroatoms. The Balaban J connectivity index is 1.71. The third kappa shape index (κ3) is 2.92. The van der Waals surface area contributed by atoms with Crippen LogP contribution in [0.5, 0.6) is 0 Å². The molecule has 0 radical (unpaired) electrons. The summed E-state index contributed by atoms with van der Waals surface area (Å²) in [5, 5.41) is 52.0. The first-order valence-electron chi connectivity index (χ1n) is 11.9. The van der Waals surface area contributed by atoms with E-state index in [0.717, 1.165) is 25.7 Å². The summed E-state index contributed by atoms with van der Waals surface area (Å²) < 4.78 is 0. The normalized spacial score (nSPS) is 51.5. The van der Waals surface area contributed by atoms with Gasteiger partial charge in [-0.1, -0.05) is 39.3 Å². The zero-order valence-corrected chi connectivity index (χ0v) is 19.3. The fourth-order valence-electron chi connectivity index (χ4n) is 8.62. The molecule has 5 N–H and O–H groups in total. The van der Waals surface area contributed by atoms with Gasteiger partial charge < -0.3 is 25.5 Å². The zero-order valence-electron chi connectivity index (χ0n) is 19.3. The molecule has 4 aliphatic carbocycles. The van der Waals surface area contributed by atoms with E-state index in [9.17, 15) is 25.5 Å². The second kappa shape index (κ2) is 7.02. The summed E-state index contributed by atoms with van der Waals surface area (Å²) in [6.45, 7) is 9.91. The second-order valence-electron chi connectivity index (χ2n) is 12.1. The van der Waals surface area contributed by atoms with E-state index in [0.29, 0.717) is 24.2 Å². The van der Waals surface area contributed by atoms with Crippen LogP contribution in [0.15, 0.2) is 11.6 Å². The van der Waals surface area contributed by atoms with E-state index in [-0.39, 0.29) is 28.3 Å². The van der Waals surface area contributed by atoms with Gasteiger partial charge in [-0.3, -0.25) is 0 Å². The maximum absolute atomic E-state index is 11.0. The smallest absolute Gasteiger partial charge is 0.113 e. The highest BCUT2D eigenvalue weighted by Gasteiger charge is 2.68. The molecule has 0 aromatic heterocycles. The predicted octanol–water partition coefficient (Wildman–Crippen LogP) is 2.64. The van der Waals surface area contributed by atoms with Gasteiger partial charge in [-0.2, -0.15) is 0 Å². The molecule has 0 bridgehead atoms. The Labute approximate surface area is 181 Å². The summed E-state index contributed by atoms with van der Waals surface area (Å²) in [7, 11) is 0. The molecule has 0 saturated heterocycles. The van der Waals surface area contributed by atoms with Gasteiger partial charge in [0.1, 0.15) is 11.7 Å². The van der Waals surface area contributed by atoms with Crippen molar-refractivity contribution in [2.24, 2.45) is 39.9 Å². The molecule has 3 saturated carbocycles. The Morgan fingerprint density at radius 1 is 1.17 bits per heavy atom. The molecule has 1 unspecified atom stereocenters. The Bertz CT molecular complexity index is 718. The fraction of sp³-hybridized carbons (Fsp3) is 0.920. The van der Waals surface area contributed by atoms with Crippen molar-refractivity contribution in [2.75, 3.05) is 6.61 Å². The van der Waals surface area contributed by atoms with E-state index < -0.39 is 24.4 Å². The van der Waals surface area contributed by atoms with Crippen LogP contribution in [0, 0.1) is 39.9 Å². The Kier molecular flexibility index (Phi) is 5.32. The van der Waals surface area contributed by atoms with Crippen molar-refractivity contribution in [1.29, 1.82) is 0 Å². The topological polar surface area (TPSA) is 101 Å². The molecule has 0 aliphatic heterocycles. The van der Waals surface area contributed by atoms with Crippen LogP contribution in [-0.2, 0) is 0 Å². The van der Waals surface area contributed by atoms with Crippen molar-refractivity contribution < 1.29 is 25.5 Å². The highest BCUT2D eigenvalue weighted by atomic mass is 16.4. The minimum Gasteiger partial charge on any atom is -0.393 e. The maximum Gasteiger partial charge on any atom is 0.113 e. The van der Waals surface area contributed by atoms with Crippen LogP contribution in [0.4, 0.5) is 0 Å². The molecule has 0 heterocycles. The highest BCUT2D eigenvalue weighted by Crippen LogP contribution is 2.74. The standard InChI is InChI=1S/C25H42O5/c1-14-6-7-25-15(2)18(27)10-16(25)20-22(3,11-17(14)25)8-9-23(20,4)12-19(28)21(29)24(5,30)13-26/h11,14-16,18-21,26-30H,6-10,12-13H2,1-5H3/t14-,15-,16-,18+,19-,20-,21-,22+,23+,24-,25?/m0/s1. The van der Waals surface area contributed by atoms with E-state index in [1.54, 1.807) is 5.57 Å². The molecular formula is C25H42O5. The monoisotopic (exact) mass is 422 g/mol.